The molecular weight excluding hydrogens is 514 g/mol. The summed E-state index contributed by atoms with van der Waals surface area (Å²) in [5, 5.41) is 23.4. The van der Waals surface area contributed by atoms with Crippen molar-refractivity contribution in [3.05, 3.63) is 71.9 Å². The zero-order valence-electron chi connectivity index (χ0n) is 24.7. The summed E-state index contributed by atoms with van der Waals surface area (Å²) < 4.78 is 0. The first-order chi connectivity index (χ1) is 19.4. The lowest BCUT2D eigenvalue weighted by Gasteiger charge is -2.51. The molecule has 1 saturated heterocycles. The molecule has 2 amide bonds. The first kappa shape index (κ1) is 27.8. The highest BCUT2D eigenvalue weighted by atomic mass is 16.4. The third-order valence-corrected chi connectivity index (χ3v) is 11.7. The molecule has 0 spiro atoms. The highest BCUT2D eigenvalue weighted by Gasteiger charge is 2.66. The van der Waals surface area contributed by atoms with Gasteiger partial charge in [0.2, 0.25) is 5.91 Å². The van der Waals surface area contributed by atoms with E-state index in [0.717, 1.165) is 41.3 Å². The maximum Gasteiger partial charge on any atom is 0.408 e. The maximum absolute atomic E-state index is 14.7. The molecule has 3 N–H and O–H groups in total. The Hall–Kier alpha value is -3.32. The lowest BCUT2D eigenvalue weighted by atomic mass is 9.68. The van der Waals surface area contributed by atoms with E-state index >= 15 is 0 Å². The van der Waals surface area contributed by atoms with Gasteiger partial charge in [-0.25, -0.2) is 4.79 Å². The predicted octanol–water partition coefficient (Wildman–Crippen LogP) is 6.17. The highest BCUT2D eigenvalue weighted by molar-refractivity contribution is 5.91. The first-order valence-electron chi connectivity index (χ1n) is 15.1. The number of carbonyl (C=O) groups excluding carboxylic acids is 1. The molecule has 218 valence electrons. The van der Waals surface area contributed by atoms with Crippen LogP contribution in [0.15, 0.2) is 60.8 Å². The fourth-order valence-electron chi connectivity index (χ4n) is 8.61. The summed E-state index contributed by atoms with van der Waals surface area (Å²) in [6.07, 6.45) is 4.83. The summed E-state index contributed by atoms with van der Waals surface area (Å²) in [7, 11) is 0. The standard InChI is InChI=1S/C34H43N3O4/c1-31(2)25-14-15-32(31,3)28(20-25)37(30(39)40)33(4,21-23-22-35-27-13-9-8-12-26(23)27)29(38)36-18-16-34(41,17-19-36)24-10-6-5-7-11-24/h5-13,22,25,28,35,41H,14-21H2,1-4H3,(H,39,40)/t25?,28-,32?,33+/m1/s1. The number of carbonyl (C=O) groups is 2. The van der Waals surface area contributed by atoms with Crippen LogP contribution in [-0.2, 0) is 16.8 Å². The van der Waals surface area contributed by atoms with Gasteiger partial charge in [0.05, 0.1) is 5.60 Å². The number of aromatic amines is 1. The predicted molar refractivity (Wildman–Crippen MR) is 159 cm³/mol. The minimum Gasteiger partial charge on any atom is -0.465 e. The smallest absolute Gasteiger partial charge is 0.408 e. The van der Waals surface area contributed by atoms with Crippen molar-refractivity contribution in [3.8, 4) is 0 Å². The normalized spacial score (nSPS) is 28.0. The number of para-hydroxylation sites is 1. The molecule has 4 atom stereocenters. The second kappa shape index (κ2) is 9.62. The summed E-state index contributed by atoms with van der Waals surface area (Å²) in [6.45, 7) is 9.37. The molecule has 2 saturated carbocycles. The number of piperidine rings is 1. The monoisotopic (exact) mass is 557 g/mol. The Labute approximate surface area is 242 Å². The van der Waals surface area contributed by atoms with Crippen molar-refractivity contribution in [3.63, 3.8) is 0 Å². The zero-order chi connectivity index (χ0) is 29.2. The van der Waals surface area contributed by atoms with Crippen molar-refractivity contribution >= 4 is 22.9 Å². The minimum absolute atomic E-state index is 0.00654. The third kappa shape index (κ3) is 4.18. The van der Waals surface area contributed by atoms with Crippen molar-refractivity contribution in [1.82, 2.24) is 14.8 Å². The Morgan fingerprint density at radius 2 is 1.68 bits per heavy atom. The van der Waals surface area contributed by atoms with Gasteiger partial charge in [0.25, 0.3) is 0 Å². The number of carboxylic acid groups (broad SMARTS) is 1. The number of H-pyrrole nitrogens is 1. The molecule has 3 aromatic rings. The molecular formula is C34H43N3O4. The van der Waals surface area contributed by atoms with Gasteiger partial charge in [-0.15, -0.1) is 0 Å². The molecule has 2 heterocycles. The molecule has 0 radical (unpaired) electrons. The average Bonchev–Trinajstić information content (AvgIpc) is 3.52. The summed E-state index contributed by atoms with van der Waals surface area (Å²) >= 11 is 0. The Balaban J connectivity index is 1.37. The topological polar surface area (TPSA) is 96.9 Å². The molecule has 1 aromatic heterocycles. The average molecular weight is 558 g/mol. The molecule has 41 heavy (non-hydrogen) atoms. The van der Waals surface area contributed by atoms with E-state index in [1.165, 1.54) is 0 Å². The van der Waals surface area contributed by atoms with E-state index in [0.29, 0.717) is 31.8 Å². The molecule has 1 aliphatic heterocycles. The zero-order valence-corrected chi connectivity index (χ0v) is 24.7. The summed E-state index contributed by atoms with van der Waals surface area (Å²) in [5.74, 6) is 0.257. The van der Waals surface area contributed by atoms with Crippen LogP contribution in [0.1, 0.15) is 70.9 Å². The molecule has 7 heteroatoms. The van der Waals surface area contributed by atoms with Gasteiger partial charge in [0.1, 0.15) is 5.54 Å². The van der Waals surface area contributed by atoms with Crippen LogP contribution in [0.25, 0.3) is 10.9 Å². The molecule has 2 aliphatic carbocycles. The number of likely N-dealkylation sites (tertiary alicyclic amines) is 1. The van der Waals surface area contributed by atoms with Crippen LogP contribution in [0.2, 0.25) is 0 Å². The van der Waals surface area contributed by atoms with Crippen molar-refractivity contribution in [2.24, 2.45) is 16.7 Å². The van der Waals surface area contributed by atoms with E-state index < -0.39 is 17.2 Å². The fourth-order valence-corrected chi connectivity index (χ4v) is 8.61. The number of nitrogens with one attached hydrogen (secondary N) is 1. The Bertz CT molecular complexity index is 1460. The largest absolute Gasteiger partial charge is 0.465 e. The Kier molecular flexibility index (Phi) is 6.53. The highest BCUT2D eigenvalue weighted by Crippen LogP contribution is 2.67. The van der Waals surface area contributed by atoms with Crippen LogP contribution in [0.5, 0.6) is 0 Å². The lowest BCUT2D eigenvalue weighted by molar-refractivity contribution is -0.150. The number of nitrogens with zero attached hydrogens (tertiary/aromatic N) is 2. The van der Waals surface area contributed by atoms with Gasteiger partial charge in [-0.2, -0.15) is 0 Å². The maximum atomic E-state index is 14.7. The van der Waals surface area contributed by atoms with Gasteiger partial charge in [-0.1, -0.05) is 69.3 Å². The molecule has 7 nitrogen and oxygen atoms in total. The number of benzene rings is 2. The number of hydrogen-bond donors (Lipinski definition) is 3. The van der Waals surface area contributed by atoms with Gasteiger partial charge in [-0.3, -0.25) is 9.69 Å². The van der Waals surface area contributed by atoms with Crippen molar-refractivity contribution in [1.29, 1.82) is 0 Å². The van der Waals surface area contributed by atoms with Gasteiger partial charge < -0.3 is 20.1 Å². The van der Waals surface area contributed by atoms with Gasteiger partial charge in [0.15, 0.2) is 0 Å². The second-order valence-electron chi connectivity index (χ2n) is 13.8. The Morgan fingerprint density at radius 3 is 2.29 bits per heavy atom. The lowest BCUT2D eigenvalue weighted by Crippen LogP contribution is -2.67. The van der Waals surface area contributed by atoms with Crippen LogP contribution in [0.3, 0.4) is 0 Å². The van der Waals surface area contributed by atoms with E-state index in [-0.39, 0.29) is 29.2 Å². The van der Waals surface area contributed by atoms with E-state index in [4.69, 9.17) is 0 Å². The number of fused-ring (bicyclic) bond motifs is 3. The quantitative estimate of drug-likeness (QED) is 0.337. The van der Waals surface area contributed by atoms with Crippen LogP contribution < -0.4 is 0 Å². The molecule has 6 rings (SSSR count). The van der Waals surface area contributed by atoms with E-state index in [1.807, 2.05) is 67.7 Å². The molecule has 2 bridgehead atoms. The van der Waals surface area contributed by atoms with Gasteiger partial charge in [-0.05, 0) is 73.0 Å². The first-order valence-corrected chi connectivity index (χ1v) is 15.1. The number of amides is 2. The third-order valence-electron chi connectivity index (χ3n) is 11.7. The SMILES string of the molecule is CC1(C)C2CCC1(C)[C@H](N(C(=O)O)[C@@](C)(Cc1c[nH]c3ccccc13)C(=O)N1CCC(O)(c3ccccc3)CC1)C2. The van der Waals surface area contributed by atoms with E-state index in [1.54, 1.807) is 9.80 Å². The van der Waals surface area contributed by atoms with Crippen molar-refractivity contribution < 1.29 is 19.8 Å². The second-order valence-corrected chi connectivity index (χ2v) is 13.8. The van der Waals surface area contributed by atoms with Crippen LogP contribution >= 0.6 is 0 Å². The van der Waals surface area contributed by atoms with Gasteiger partial charge >= 0.3 is 6.09 Å². The van der Waals surface area contributed by atoms with Crippen LogP contribution in [0, 0.1) is 16.7 Å². The Morgan fingerprint density at radius 1 is 1.02 bits per heavy atom. The van der Waals surface area contributed by atoms with E-state index in [9.17, 15) is 19.8 Å². The van der Waals surface area contributed by atoms with Crippen LogP contribution in [0.4, 0.5) is 4.79 Å². The molecule has 2 unspecified atom stereocenters. The number of rotatable bonds is 6. The summed E-state index contributed by atoms with van der Waals surface area (Å²) in [4.78, 5) is 34.7. The number of aromatic nitrogens is 1. The van der Waals surface area contributed by atoms with E-state index in [2.05, 4.69) is 25.8 Å². The van der Waals surface area contributed by atoms with Crippen molar-refractivity contribution in [2.45, 2.75) is 83.4 Å². The van der Waals surface area contributed by atoms with Crippen LogP contribution in [-0.4, -0.2) is 61.7 Å². The summed E-state index contributed by atoms with van der Waals surface area (Å²) in [6, 6.07) is 17.4. The molecule has 3 fully saturated rings. The number of hydrogen-bond acceptors (Lipinski definition) is 3. The molecule has 3 aliphatic rings. The summed E-state index contributed by atoms with van der Waals surface area (Å²) in [5.41, 5.74) is 0.234. The number of aliphatic hydroxyl groups is 1. The fraction of sp³-hybridized carbons (Fsp3) is 0.529. The minimum atomic E-state index is -1.31. The van der Waals surface area contributed by atoms with Gasteiger partial charge in [0, 0.05) is 42.7 Å². The molecule has 2 aromatic carbocycles. The van der Waals surface area contributed by atoms with Crippen molar-refractivity contribution in [2.75, 3.05) is 13.1 Å².